The molecule has 0 aromatic rings. The summed E-state index contributed by atoms with van der Waals surface area (Å²) < 4.78 is 23.6. The van der Waals surface area contributed by atoms with Crippen LogP contribution in [0.25, 0.3) is 0 Å². The van der Waals surface area contributed by atoms with E-state index in [-0.39, 0.29) is 0 Å². The van der Waals surface area contributed by atoms with Crippen molar-refractivity contribution < 1.29 is 13.6 Å². The highest BCUT2D eigenvalue weighted by Gasteiger charge is 2.18. The lowest BCUT2D eigenvalue weighted by Crippen LogP contribution is -2.33. The summed E-state index contributed by atoms with van der Waals surface area (Å²) in [6, 6.07) is 0. The molecule has 0 aliphatic heterocycles. The monoisotopic (exact) mass is 180 g/mol. The van der Waals surface area contributed by atoms with Crippen LogP contribution in [0.4, 0.5) is 8.78 Å². The van der Waals surface area contributed by atoms with Crippen LogP contribution in [0, 0.1) is 0 Å². The first kappa shape index (κ1) is 11.3. The maximum Gasteiger partial charge on any atom is 0.315 e. The third kappa shape index (κ3) is 4.23. The minimum absolute atomic E-state index is 0.365. The Labute approximate surface area is 70.7 Å². The molecule has 0 saturated heterocycles. The molecule has 0 aromatic carbocycles. The molecule has 0 aliphatic rings. The Balaban J connectivity index is 3.57. The summed E-state index contributed by atoms with van der Waals surface area (Å²) in [6.45, 7) is 1.09. The summed E-state index contributed by atoms with van der Waals surface area (Å²) in [7, 11) is 3.15. The zero-order chi connectivity index (χ0) is 9.56. The van der Waals surface area contributed by atoms with Crippen molar-refractivity contribution in [2.45, 2.75) is 12.8 Å². The van der Waals surface area contributed by atoms with Crippen LogP contribution in [-0.4, -0.2) is 44.4 Å². The normalized spacial score (nSPS) is 10.4. The Morgan fingerprint density at radius 2 is 2.17 bits per heavy atom. The van der Waals surface area contributed by atoms with Crippen LogP contribution in [0.5, 0.6) is 0 Å². The van der Waals surface area contributed by atoms with Gasteiger partial charge in [-0.25, -0.2) is 0 Å². The molecule has 0 unspecified atom stereocenters. The summed E-state index contributed by atoms with van der Waals surface area (Å²) in [4.78, 5) is 11.6. The van der Waals surface area contributed by atoms with Gasteiger partial charge in [-0.15, -0.1) is 0 Å². The van der Waals surface area contributed by atoms with Gasteiger partial charge < -0.3 is 10.2 Å². The van der Waals surface area contributed by atoms with Crippen molar-refractivity contribution >= 4 is 5.91 Å². The molecule has 0 aromatic heterocycles. The van der Waals surface area contributed by atoms with Crippen molar-refractivity contribution in [1.82, 2.24) is 10.2 Å². The van der Waals surface area contributed by atoms with Crippen molar-refractivity contribution in [2.24, 2.45) is 0 Å². The molecule has 0 radical (unpaired) electrons. The smallest absolute Gasteiger partial charge is 0.315 e. The van der Waals surface area contributed by atoms with Crippen LogP contribution >= 0.6 is 0 Å². The molecular weight excluding hydrogens is 166 g/mol. The quantitative estimate of drug-likeness (QED) is 0.618. The maximum absolute atomic E-state index is 11.8. The molecule has 0 heterocycles. The van der Waals surface area contributed by atoms with Gasteiger partial charge in [-0.05, 0) is 20.0 Å². The Morgan fingerprint density at radius 1 is 1.58 bits per heavy atom. The van der Waals surface area contributed by atoms with Gasteiger partial charge in [0.25, 0.3) is 5.91 Å². The molecule has 3 nitrogen and oxygen atoms in total. The average Bonchev–Trinajstić information content (AvgIpc) is 2.03. The lowest BCUT2D eigenvalue weighted by atomic mass is 10.4. The molecular formula is C7H14F2N2O. The first-order chi connectivity index (χ1) is 5.59. The fraction of sp³-hybridized carbons (Fsp3) is 0.857. The van der Waals surface area contributed by atoms with E-state index in [0.29, 0.717) is 13.0 Å². The minimum atomic E-state index is -2.88. The summed E-state index contributed by atoms with van der Waals surface area (Å²) in [6.07, 6.45) is -2.20. The summed E-state index contributed by atoms with van der Waals surface area (Å²) in [5, 5.41) is 2.87. The second kappa shape index (κ2) is 5.88. The van der Waals surface area contributed by atoms with Crippen molar-refractivity contribution in [2.75, 3.05) is 27.2 Å². The van der Waals surface area contributed by atoms with Gasteiger partial charge in [0.1, 0.15) is 0 Å². The Hall–Kier alpha value is -0.710. The van der Waals surface area contributed by atoms with E-state index in [4.69, 9.17) is 0 Å². The number of carbonyl (C=O) groups is 1. The molecule has 0 aliphatic carbocycles. The van der Waals surface area contributed by atoms with E-state index in [0.717, 1.165) is 11.4 Å². The van der Waals surface area contributed by atoms with Gasteiger partial charge >= 0.3 is 6.43 Å². The first-order valence-electron chi connectivity index (χ1n) is 3.77. The topological polar surface area (TPSA) is 32.3 Å². The van der Waals surface area contributed by atoms with E-state index in [9.17, 15) is 13.6 Å². The summed E-state index contributed by atoms with van der Waals surface area (Å²) in [5.74, 6) is -1.11. The molecule has 0 saturated carbocycles. The zero-order valence-corrected chi connectivity index (χ0v) is 7.31. The van der Waals surface area contributed by atoms with Crippen LogP contribution < -0.4 is 5.32 Å². The van der Waals surface area contributed by atoms with E-state index in [2.05, 4.69) is 5.32 Å². The number of hydrogen-bond acceptors (Lipinski definition) is 2. The Morgan fingerprint density at radius 3 is 2.58 bits per heavy atom. The Kier molecular flexibility index (Phi) is 5.53. The highest BCUT2D eigenvalue weighted by molar-refractivity contribution is 5.78. The van der Waals surface area contributed by atoms with E-state index in [1.807, 2.05) is 0 Å². The molecule has 12 heavy (non-hydrogen) atoms. The van der Waals surface area contributed by atoms with Crippen LogP contribution in [0.1, 0.15) is 6.42 Å². The van der Waals surface area contributed by atoms with Gasteiger partial charge in [0.2, 0.25) is 0 Å². The SMILES string of the molecule is CNCCCN(C)C(=O)C(F)F. The molecule has 72 valence electrons. The summed E-state index contributed by atoms with van der Waals surface area (Å²) in [5.41, 5.74) is 0. The fourth-order valence-electron chi connectivity index (χ4n) is 0.770. The molecule has 5 heteroatoms. The van der Waals surface area contributed by atoms with Crippen LogP contribution in [0.3, 0.4) is 0 Å². The van der Waals surface area contributed by atoms with Gasteiger partial charge in [0.15, 0.2) is 0 Å². The Bertz CT molecular complexity index is 141. The van der Waals surface area contributed by atoms with E-state index >= 15 is 0 Å². The van der Waals surface area contributed by atoms with E-state index in [1.54, 1.807) is 7.05 Å². The van der Waals surface area contributed by atoms with Gasteiger partial charge in [-0.3, -0.25) is 4.79 Å². The van der Waals surface area contributed by atoms with E-state index in [1.165, 1.54) is 7.05 Å². The molecule has 1 amide bonds. The molecule has 0 atom stereocenters. The third-order valence-electron chi connectivity index (χ3n) is 1.48. The first-order valence-corrected chi connectivity index (χ1v) is 3.77. The van der Waals surface area contributed by atoms with Crippen molar-refractivity contribution in [1.29, 1.82) is 0 Å². The standard InChI is InChI=1S/C7H14F2N2O/c1-10-4-3-5-11(2)7(12)6(8)9/h6,10H,3-5H2,1-2H3. The molecule has 0 spiro atoms. The van der Waals surface area contributed by atoms with Gasteiger partial charge in [0, 0.05) is 13.6 Å². The van der Waals surface area contributed by atoms with Crippen LogP contribution in [0.15, 0.2) is 0 Å². The zero-order valence-electron chi connectivity index (χ0n) is 7.31. The van der Waals surface area contributed by atoms with Crippen molar-refractivity contribution in [3.8, 4) is 0 Å². The lowest BCUT2D eigenvalue weighted by molar-refractivity contribution is -0.141. The van der Waals surface area contributed by atoms with Crippen LogP contribution in [0.2, 0.25) is 0 Å². The number of nitrogens with one attached hydrogen (secondary N) is 1. The van der Waals surface area contributed by atoms with Crippen molar-refractivity contribution in [3.05, 3.63) is 0 Å². The van der Waals surface area contributed by atoms with Gasteiger partial charge in [-0.2, -0.15) is 8.78 Å². The third-order valence-corrected chi connectivity index (χ3v) is 1.48. The largest absolute Gasteiger partial charge is 0.341 e. The number of amides is 1. The number of hydrogen-bond donors (Lipinski definition) is 1. The highest BCUT2D eigenvalue weighted by Crippen LogP contribution is 1.98. The van der Waals surface area contributed by atoms with E-state index < -0.39 is 12.3 Å². The molecule has 0 fully saturated rings. The predicted octanol–water partition coefficient (Wildman–Crippen LogP) is 0.319. The number of halogens is 2. The number of rotatable bonds is 5. The lowest BCUT2D eigenvalue weighted by Gasteiger charge is -2.15. The number of nitrogens with zero attached hydrogens (tertiary/aromatic N) is 1. The average molecular weight is 180 g/mol. The number of carbonyl (C=O) groups excluding carboxylic acids is 1. The maximum atomic E-state index is 11.8. The second-order valence-electron chi connectivity index (χ2n) is 2.52. The predicted molar refractivity (Wildman–Crippen MR) is 42.2 cm³/mol. The van der Waals surface area contributed by atoms with Gasteiger partial charge in [-0.1, -0.05) is 0 Å². The highest BCUT2D eigenvalue weighted by atomic mass is 19.3. The molecule has 0 bridgehead atoms. The summed E-state index contributed by atoms with van der Waals surface area (Å²) >= 11 is 0. The van der Waals surface area contributed by atoms with Crippen LogP contribution in [-0.2, 0) is 4.79 Å². The fourth-order valence-corrected chi connectivity index (χ4v) is 0.770. The molecule has 0 rings (SSSR count). The van der Waals surface area contributed by atoms with Gasteiger partial charge in [0.05, 0.1) is 0 Å². The minimum Gasteiger partial charge on any atom is -0.341 e. The second-order valence-corrected chi connectivity index (χ2v) is 2.52. The molecule has 1 N–H and O–H groups in total. The number of alkyl halides is 2. The van der Waals surface area contributed by atoms with Crippen molar-refractivity contribution in [3.63, 3.8) is 0 Å².